The molecule has 0 heterocycles. The van der Waals surface area contributed by atoms with Gasteiger partial charge in [-0.2, -0.15) is 0 Å². The monoisotopic (exact) mass is 282 g/mol. The summed E-state index contributed by atoms with van der Waals surface area (Å²) in [6.45, 7) is 2.53. The lowest BCUT2D eigenvalue weighted by Gasteiger charge is -2.24. The summed E-state index contributed by atoms with van der Waals surface area (Å²) in [5.74, 6) is 1.30. The van der Waals surface area contributed by atoms with Crippen LogP contribution >= 0.6 is 0 Å². The summed E-state index contributed by atoms with van der Waals surface area (Å²) in [5, 5.41) is 12.9. The van der Waals surface area contributed by atoms with E-state index in [-0.39, 0.29) is 18.2 Å². The molecule has 0 aromatic carbocycles. The van der Waals surface area contributed by atoms with E-state index in [0.29, 0.717) is 12.5 Å². The van der Waals surface area contributed by atoms with E-state index >= 15 is 0 Å². The third-order valence-corrected chi connectivity index (χ3v) is 4.83. The second-order valence-electron chi connectivity index (χ2n) is 6.86. The predicted octanol–water partition coefficient (Wildman–Crippen LogP) is 2.76. The largest absolute Gasteiger partial charge is 0.391 e. The highest BCUT2D eigenvalue weighted by Gasteiger charge is 2.31. The van der Waals surface area contributed by atoms with Crippen LogP contribution in [0, 0.1) is 11.8 Å². The van der Waals surface area contributed by atoms with Crippen LogP contribution in [0.4, 0.5) is 4.79 Å². The Morgan fingerprint density at radius 3 is 2.55 bits per heavy atom. The first-order valence-corrected chi connectivity index (χ1v) is 8.26. The van der Waals surface area contributed by atoms with Crippen molar-refractivity contribution in [3.05, 3.63) is 0 Å². The van der Waals surface area contributed by atoms with Crippen molar-refractivity contribution in [3.8, 4) is 0 Å². The van der Waals surface area contributed by atoms with E-state index in [1.54, 1.807) is 11.9 Å². The Bertz CT molecular complexity index is 312. The number of aliphatic hydroxyl groups is 1. The topological polar surface area (TPSA) is 52.6 Å². The van der Waals surface area contributed by atoms with Crippen LogP contribution in [0.3, 0.4) is 0 Å². The molecular formula is C16H30N2O2. The minimum atomic E-state index is -0.348. The average Bonchev–Trinajstić information content (AvgIpc) is 3.13. The lowest BCUT2D eigenvalue weighted by Crippen LogP contribution is -2.45. The van der Waals surface area contributed by atoms with Gasteiger partial charge >= 0.3 is 6.03 Å². The van der Waals surface area contributed by atoms with Crippen LogP contribution in [0.2, 0.25) is 0 Å². The minimum Gasteiger partial charge on any atom is -0.391 e. The fourth-order valence-corrected chi connectivity index (χ4v) is 3.17. The normalized spacial score (nSPS) is 22.6. The fraction of sp³-hybridized carbons (Fsp3) is 0.938. The van der Waals surface area contributed by atoms with Crippen molar-refractivity contribution in [1.29, 1.82) is 0 Å². The standard InChI is InChI=1S/C16H30N2O2/c1-12(7-8-13-5-3-4-6-13)17-16(20)18(2)11-15(19)14-9-10-14/h12-15,19H,3-11H2,1-2H3,(H,17,20). The summed E-state index contributed by atoms with van der Waals surface area (Å²) in [5.41, 5.74) is 0. The zero-order chi connectivity index (χ0) is 14.5. The van der Waals surface area contributed by atoms with Crippen molar-refractivity contribution >= 4 is 6.03 Å². The van der Waals surface area contributed by atoms with Gasteiger partial charge in [0.1, 0.15) is 0 Å². The van der Waals surface area contributed by atoms with E-state index in [1.807, 2.05) is 0 Å². The molecule has 2 atom stereocenters. The number of carbonyl (C=O) groups is 1. The molecule has 2 saturated carbocycles. The maximum absolute atomic E-state index is 12.0. The second-order valence-corrected chi connectivity index (χ2v) is 6.86. The van der Waals surface area contributed by atoms with Gasteiger partial charge in [-0.15, -0.1) is 0 Å². The Hall–Kier alpha value is -0.770. The van der Waals surface area contributed by atoms with Gasteiger partial charge in [0.25, 0.3) is 0 Å². The Balaban J connectivity index is 1.61. The molecule has 4 nitrogen and oxygen atoms in total. The smallest absolute Gasteiger partial charge is 0.317 e. The lowest BCUT2D eigenvalue weighted by atomic mass is 9.99. The number of urea groups is 1. The summed E-state index contributed by atoms with van der Waals surface area (Å²) < 4.78 is 0. The molecule has 2 N–H and O–H groups in total. The van der Waals surface area contributed by atoms with Crippen molar-refractivity contribution in [1.82, 2.24) is 10.2 Å². The molecule has 0 spiro atoms. The molecule has 2 rings (SSSR count). The SMILES string of the molecule is CC(CCC1CCCC1)NC(=O)N(C)CC(O)C1CC1. The van der Waals surface area contributed by atoms with Crippen LogP contribution in [-0.4, -0.2) is 41.8 Å². The first kappa shape index (κ1) is 15.6. The third-order valence-electron chi connectivity index (χ3n) is 4.83. The molecule has 2 fully saturated rings. The van der Waals surface area contributed by atoms with E-state index in [1.165, 1.54) is 32.1 Å². The van der Waals surface area contributed by atoms with Gasteiger partial charge in [0.15, 0.2) is 0 Å². The van der Waals surface area contributed by atoms with Gasteiger partial charge in [-0.25, -0.2) is 4.79 Å². The number of hydrogen-bond acceptors (Lipinski definition) is 2. The molecule has 2 aliphatic carbocycles. The highest BCUT2D eigenvalue weighted by molar-refractivity contribution is 5.74. The summed E-state index contributed by atoms with van der Waals surface area (Å²) in [6, 6.07) is 0.173. The summed E-state index contributed by atoms with van der Waals surface area (Å²) in [4.78, 5) is 13.7. The van der Waals surface area contributed by atoms with E-state index in [9.17, 15) is 9.90 Å². The number of nitrogens with one attached hydrogen (secondary N) is 1. The van der Waals surface area contributed by atoms with Crippen molar-refractivity contribution in [2.24, 2.45) is 11.8 Å². The molecule has 0 aliphatic heterocycles. The van der Waals surface area contributed by atoms with Gasteiger partial charge in [-0.1, -0.05) is 25.7 Å². The molecule has 4 heteroatoms. The van der Waals surface area contributed by atoms with Gasteiger partial charge in [0.05, 0.1) is 6.10 Å². The number of aliphatic hydroxyl groups excluding tert-OH is 1. The van der Waals surface area contributed by atoms with E-state index in [4.69, 9.17) is 0 Å². The molecule has 0 radical (unpaired) electrons. The number of amides is 2. The van der Waals surface area contributed by atoms with Crippen molar-refractivity contribution in [3.63, 3.8) is 0 Å². The van der Waals surface area contributed by atoms with Crippen molar-refractivity contribution in [2.45, 2.75) is 70.4 Å². The Labute approximate surface area is 122 Å². The molecule has 20 heavy (non-hydrogen) atoms. The predicted molar refractivity (Wildman–Crippen MR) is 80.5 cm³/mol. The number of likely N-dealkylation sites (N-methyl/N-ethyl adjacent to an activating group) is 1. The zero-order valence-electron chi connectivity index (χ0n) is 13.0. The average molecular weight is 282 g/mol. The number of hydrogen-bond donors (Lipinski definition) is 2. The molecule has 2 unspecified atom stereocenters. The molecule has 116 valence electrons. The summed E-state index contributed by atoms with van der Waals surface area (Å²) in [7, 11) is 1.77. The first-order chi connectivity index (χ1) is 9.56. The van der Waals surface area contributed by atoms with Gasteiger partial charge in [-0.05, 0) is 44.4 Å². The van der Waals surface area contributed by atoms with Gasteiger partial charge in [0, 0.05) is 19.6 Å². The van der Waals surface area contributed by atoms with Crippen LogP contribution in [-0.2, 0) is 0 Å². The van der Waals surface area contributed by atoms with Crippen molar-refractivity contribution < 1.29 is 9.90 Å². The Morgan fingerprint density at radius 2 is 1.95 bits per heavy atom. The lowest BCUT2D eigenvalue weighted by molar-refractivity contribution is 0.112. The quantitative estimate of drug-likeness (QED) is 0.754. The zero-order valence-corrected chi connectivity index (χ0v) is 13.0. The highest BCUT2D eigenvalue weighted by Crippen LogP contribution is 2.32. The maximum atomic E-state index is 12.0. The van der Waals surface area contributed by atoms with Gasteiger partial charge < -0.3 is 15.3 Å². The fourth-order valence-electron chi connectivity index (χ4n) is 3.17. The number of nitrogens with zero attached hydrogens (tertiary/aromatic N) is 1. The van der Waals surface area contributed by atoms with Crippen LogP contribution in [0.15, 0.2) is 0 Å². The van der Waals surface area contributed by atoms with Crippen LogP contribution in [0.5, 0.6) is 0 Å². The third kappa shape index (κ3) is 4.97. The van der Waals surface area contributed by atoms with Crippen molar-refractivity contribution in [2.75, 3.05) is 13.6 Å². The number of carbonyl (C=O) groups excluding carboxylic acids is 1. The maximum Gasteiger partial charge on any atom is 0.317 e. The van der Waals surface area contributed by atoms with Crippen LogP contribution in [0.25, 0.3) is 0 Å². The Kier molecular flexibility index (Phi) is 5.70. The molecule has 0 saturated heterocycles. The van der Waals surface area contributed by atoms with Gasteiger partial charge in [0.2, 0.25) is 0 Å². The molecule has 0 bridgehead atoms. The summed E-state index contributed by atoms with van der Waals surface area (Å²) in [6.07, 6.45) is 9.66. The van der Waals surface area contributed by atoms with Gasteiger partial charge in [-0.3, -0.25) is 0 Å². The summed E-state index contributed by atoms with van der Waals surface area (Å²) >= 11 is 0. The van der Waals surface area contributed by atoms with E-state index in [2.05, 4.69) is 12.2 Å². The highest BCUT2D eigenvalue weighted by atomic mass is 16.3. The Morgan fingerprint density at radius 1 is 1.30 bits per heavy atom. The second kappa shape index (κ2) is 7.30. The molecule has 2 aliphatic rings. The first-order valence-electron chi connectivity index (χ1n) is 8.26. The van der Waals surface area contributed by atoms with E-state index < -0.39 is 0 Å². The molecular weight excluding hydrogens is 252 g/mol. The molecule has 2 amide bonds. The molecule has 0 aromatic rings. The van der Waals surface area contributed by atoms with Crippen LogP contribution < -0.4 is 5.32 Å². The molecule has 0 aromatic heterocycles. The van der Waals surface area contributed by atoms with E-state index in [0.717, 1.165) is 25.2 Å². The number of rotatable bonds is 7. The van der Waals surface area contributed by atoms with Crippen LogP contribution in [0.1, 0.15) is 58.3 Å². The minimum absolute atomic E-state index is 0.0522.